The first-order valence-electron chi connectivity index (χ1n) is 3.39. The summed E-state index contributed by atoms with van der Waals surface area (Å²) in [6.45, 7) is 0. The molecule has 2 heteroatoms. The summed E-state index contributed by atoms with van der Waals surface area (Å²) in [6, 6.07) is 0. The van der Waals surface area contributed by atoms with Gasteiger partial charge in [-0.05, 0) is 25.7 Å². The molecule has 0 amide bonds. The molecule has 0 N–H and O–H groups in total. The van der Waals surface area contributed by atoms with Gasteiger partial charge in [-0.1, -0.05) is 29.8 Å². The molecule has 0 nitrogen and oxygen atoms in total. The molecule has 0 atom stereocenters. The van der Waals surface area contributed by atoms with Gasteiger partial charge in [0.15, 0.2) is 0 Å². The van der Waals surface area contributed by atoms with Crippen LogP contribution in [0.25, 0.3) is 0 Å². The van der Waals surface area contributed by atoms with Crippen LogP contribution in [0.3, 0.4) is 0 Å². The molecule has 0 bridgehead atoms. The molecular formula is C8H11ClPt. The van der Waals surface area contributed by atoms with Crippen LogP contribution in [-0.4, -0.2) is 0 Å². The van der Waals surface area contributed by atoms with Crippen LogP contribution >= 0.6 is 11.6 Å². The topological polar surface area (TPSA) is 0 Å². The fourth-order valence-corrected chi connectivity index (χ4v) is 1.11. The predicted molar refractivity (Wildman–Crippen MR) is 41.5 cm³/mol. The van der Waals surface area contributed by atoms with Crippen LogP contribution in [0.5, 0.6) is 0 Å². The van der Waals surface area contributed by atoms with Gasteiger partial charge < -0.3 is 0 Å². The Hall–Kier alpha value is 0.458. The molecule has 0 spiro atoms. The van der Waals surface area contributed by atoms with E-state index in [2.05, 4.69) is 18.2 Å². The summed E-state index contributed by atoms with van der Waals surface area (Å²) in [5.74, 6) is 0. The summed E-state index contributed by atoms with van der Waals surface area (Å²) >= 11 is 5.82. The summed E-state index contributed by atoms with van der Waals surface area (Å²) in [6.07, 6.45) is 10.9. The molecule has 10 heavy (non-hydrogen) atoms. The minimum absolute atomic E-state index is 0. The molecule has 60 valence electrons. The summed E-state index contributed by atoms with van der Waals surface area (Å²) < 4.78 is 0. The van der Waals surface area contributed by atoms with Crippen LogP contribution in [0.4, 0.5) is 0 Å². The predicted octanol–water partition coefficient (Wildman–Crippen LogP) is 3.24. The largest absolute Gasteiger partial charge is 0.0895 e. The van der Waals surface area contributed by atoms with Crippen molar-refractivity contribution >= 4 is 11.6 Å². The number of allylic oxidation sites excluding steroid dienone is 4. The first-order valence-corrected chi connectivity index (χ1v) is 3.77. The molecule has 0 aromatic heterocycles. The zero-order valence-electron chi connectivity index (χ0n) is 5.75. The molecule has 1 rings (SSSR count). The normalized spacial score (nSPS) is 26.7. The third-order valence-corrected chi connectivity index (χ3v) is 1.76. The van der Waals surface area contributed by atoms with Crippen molar-refractivity contribution in [3.8, 4) is 0 Å². The fraction of sp³-hybridized carbons (Fsp3) is 0.500. The third-order valence-electron chi connectivity index (χ3n) is 1.42. The Labute approximate surface area is 81.6 Å². The molecule has 0 unspecified atom stereocenters. The zero-order chi connectivity index (χ0) is 6.53. The number of rotatable bonds is 0. The van der Waals surface area contributed by atoms with Crippen molar-refractivity contribution in [2.24, 2.45) is 0 Å². The smallest absolute Gasteiger partial charge is 0.0144 e. The molecule has 0 saturated heterocycles. The maximum absolute atomic E-state index is 5.82. The van der Waals surface area contributed by atoms with Crippen LogP contribution in [-0.2, 0) is 21.1 Å². The molecule has 0 aromatic carbocycles. The third kappa shape index (κ3) is 4.30. The quantitative estimate of drug-likeness (QED) is 0.595. The Morgan fingerprint density at radius 3 is 2.60 bits per heavy atom. The maximum atomic E-state index is 5.82. The van der Waals surface area contributed by atoms with Gasteiger partial charge in [-0.15, -0.1) is 0 Å². The second-order valence-electron chi connectivity index (χ2n) is 2.24. The zero-order valence-corrected chi connectivity index (χ0v) is 8.78. The summed E-state index contributed by atoms with van der Waals surface area (Å²) in [5.41, 5.74) is 0. The van der Waals surface area contributed by atoms with E-state index in [1.54, 1.807) is 0 Å². The fourth-order valence-electron chi connectivity index (χ4n) is 0.895. The number of hydrogen-bond donors (Lipinski definition) is 0. The molecule has 0 fully saturated rings. The van der Waals surface area contributed by atoms with Gasteiger partial charge in [0.1, 0.15) is 0 Å². The van der Waals surface area contributed by atoms with E-state index in [9.17, 15) is 0 Å². The van der Waals surface area contributed by atoms with E-state index >= 15 is 0 Å². The van der Waals surface area contributed by atoms with E-state index in [0.29, 0.717) is 0 Å². The van der Waals surface area contributed by atoms with Gasteiger partial charge in [0, 0.05) is 26.1 Å². The Morgan fingerprint density at radius 1 is 1.10 bits per heavy atom. The monoisotopic (exact) mass is 337 g/mol. The van der Waals surface area contributed by atoms with Gasteiger partial charge in [-0.2, -0.15) is 0 Å². The Bertz CT molecular complexity index is 138. The van der Waals surface area contributed by atoms with Crippen LogP contribution < -0.4 is 0 Å². The summed E-state index contributed by atoms with van der Waals surface area (Å²) in [7, 11) is 0. The van der Waals surface area contributed by atoms with Crippen molar-refractivity contribution in [1.82, 2.24) is 0 Å². The van der Waals surface area contributed by atoms with Crippen LogP contribution in [0.2, 0.25) is 0 Å². The second kappa shape index (κ2) is 6.19. The maximum Gasteiger partial charge on any atom is 0.0144 e. The molecule has 0 heterocycles. The van der Waals surface area contributed by atoms with Crippen molar-refractivity contribution in [2.75, 3.05) is 0 Å². The number of halogens is 1. The van der Waals surface area contributed by atoms with Crippen molar-refractivity contribution in [3.63, 3.8) is 0 Å². The van der Waals surface area contributed by atoms with Crippen molar-refractivity contribution in [3.05, 3.63) is 23.3 Å². The SMILES string of the molecule is Cl/C1=C/CC/C=C\CC1.[Pt]. The minimum Gasteiger partial charge on any atom is -0.0895 e. The molecular weight excluding hydrogens is 327 g/mol. The Kier molecular flexibility index (Phi) is 6.47. The van der Waals surface area contributed by atoms with Crippen LogP contribution in [0, 0.1) is 0 Å². The molecule has 0 radical (unpaired) electrons. The van der Waals surface area contributed by atoms with Gasteiger partial charge in [0.05, 0.1) is 0 Å². The molecule has 0 aromatic rings. The van der Waals surface area contributed by atoms with Crippen molar-refractivity contribution < 1.29 is 21.1 Å². The van der Waals surface area contributed by atoms with E-state index in [-0.39, 0.29) is 21.1 Å². The van der Waals surface area contributed by atoms with E-state index in [4.69, 9.17) is 11.6 Å². The average molecular weight is 338 g/mol. The van der Waals surface area contributed by atoms with Crippen LogP contribution in [0.1, 0.15) is 25.7 Å². The molecule has 0 aliphatic heterocycles. The van der Waals surface area contributed by atoms with Gasteiger partial charge >= 0.3 is 0 Å². The number of hydrogen-bond acceptors (Lipinski definition) is 0. The summed E-state index contributed by atoms with van der Waals surface area (Å²) in [5, 5.41) is 1.03. The second-order valence-corrected chi connectivity index (χ2v) is 2.72. The Morgan fingerprint density at radius 2 is 1.80 bits per heavy atom. The summed E-state index contributed by atoms with van der Waals surface area (Å²) in [4.78, 5) is 0. The molecule has 1 aliphatic rings. The van der Waals surface area contributed by atoms with Gasteiger partial charge in [-0.25, -0.2) is 0 Å². The standard InChI is InChI=1S/C8H11Cl.Pt/c9-8-6-4-2-1-3-5-7-8;/h1-2,7H,3-6H2;/b2-1-,8-7+;. The Balaban J connectivity index is 0.000000810. The molecule has 0 saturated carbocycles. The first kappa shape index (κ1) is 10.5. The van der Waals surface area contributed by atoms with E-state index in [1.165, 1.54) is 0 Å². The van der Waals surface area contributed by atoms with Crippen LogP contribution in [0.15, 0.2) is 23.3 Å². The van der Waals surface area contributed by atoms with Gasteiger partial charge in [-0.3, -0.25) is 0 Å². The molecule has 1 aliphatic carbocycles. The minimum atomic E-state index is 0. The van der Waals surface area contributed by atoms with E-state index in [0.717, 1.165) is 30.7 Å². The van der Waals surface area contributed by atoms with Crippen molar-refractivity contribution in [2.45, 2.75) is 25.7 Å². The first-order chi connectivity index (χ1) is 4.39. The average Bonchev–Trinajstić information content (AvgIpc) is 1.79. The van der Waals surface area contributed by atoms with Gasteiger partial charge in [0.2, 0.25) is 0 Å². The van der Waals surface area contributed by atoms with Crippen molar-refractivity contribution in [1.29, 1.82) is 0 Å². The van der Waals surface area contributed by atoms with E-state index in [1.807, 2.05) is 0 Å². The van der Waals surface area contributed by atoms with Gasteiger partial charge in [0.25, 0.3) is 0 Å². The van der Waals surface area contributed by atoms with E-state index < -0.39 is 0 Å².